The number of anilines is 1. The van der Waals surface area contributed by atoms with E-state index in [1.54, 1.807) is 36.3 Å². The van der Waals surface area contributed by atoms with Gasteiger partial charge in [0.15, 0.2) is 0 Å². The minimum atomic E-state index is -2.51. The third-order valence-electron chi connectivity index (χ3n) is 8.20. The van der Waals surface area contributed by atoms with Gasteiger partial charge in [-0.1, -0.05) is 48.5 Å². The fraction of sp³-hybridized carbons (Fsp3) is 0.387. The smallest absolute Gasteiger partial charge is 0.262 e. The molecule has 2 aliphatic heterocycles. The highest BCUT2D eigenvalue weighted by molar-refractivity contribution is 7.80. The molecular formula is C31H37N5O5S. The number of hydrogen-bond donors (Lipinski definition) is 3. The van der Waals surface area contributed by atoms with E-state index >= 15 is 0 Å². The van der Waals surface area contributed by atoms with Crippen LogP contribution >= 0.6 is 0 Å². The zero-order valence-electron chi connectivity index (χ0n) is 23.7. The Morgan fingerprint density at radius 3 is 2.48 bits per heavy atom. The quantitative estimate of drug-likeness (QED) is 0.197. The molecule has 3 atom stereocenters. The summed E-state index contributed by atoms with van der Waals surface area (Å²) < 4.78 is 30.2. The zero-order chi connectivity index (χ0) is 29.8. The molecule has 3 aromatic carbocycles. The number of hydrogen-bond acceptors (Lipinski definition) is 5. The van der Waals surface area contributed by atoms with Crippen molar-refractivity contribution in [2.24, 2.45) is 5.73 Å². The van der Waals surface area contributed by atoms with Crippen molar-refractivity contribution in [1.29, 1.82) is 5.41 Å². The summed E-state index contributed by atoms with van der Waals surface area (Å²) in [6, 6.07) is 16.5. The van der Waals surface area contributed by atoms with E-state index in [1.807, 2.05) is 41.3 Å². The highest BCUT2D eigenvalue weighted by atomic mass is 32.2. The molecule has 2 heterocycles. The lowest BCUT2D eigenvalue weighted by atomic mass is 9.96. The highest BCUT2D eigenvalue weighted by Gasteiger charge is 2.42. The van der Waals surface area contributed by atoms with Gasteiger partial charge in [0, 0.05) is 43.1 Å². The second-order valence-electron chi connectivity index (χ2n) is 10.8. The standard InChI is InChI=1S/C31H37N5O5S/c1-41-28-20-24(19-23-8-3-4-9-25(23)28)36(42(39)40)26-10-7-17-35(31(26)38)27(30(37)34-15-5-2-6-16-34)18-21-11-13-22(14-12-21)29(32)33/h3-4,8-9,11-14,19-20,26-27H,2,5-7,10,15-18H2,1H3,(H3,32,33)(H,39,40). The Kier molecular flexibility index (Phi) is 9.08. The Bertz CT molecular complexity index is 1490. The van der Waals surface area contributed by atoms with Crippen molar-refractivity contribution in [3.63, 3.8) is 0 Å². The van der Waals surface area contributed by atoms with Crippen molar-refractivity contribution in [1.82, 2.24) is 9.80 Å². The van der Waals surface area contributed by atoms with E-state index in [1.165, 1.54) is 4.31 Å². The third-order valence-corrected chi connectivity index (χ3v) is 9.00. The first-order valence-electron chi connectivity index (χ1n) is 14.3. The number of amides is 2. The summed E-state index contributed by atoms with van der Waals surface area (Å²) in [5, 5.41) is 9.35. The average molecular weight is 592 g/mol. The Labute approximate surface area is 248 Å². The lowest BCUT2D eigenvalue weighted by Crippen LogP contribution is -2.60. The number of nitrogens with one attached hydrogen (secondary N) is 1. The number of benzene rings is 3. The number of nitrogens with two attached hydrogens (primary N) is 1. The Morgan fingerprint density at radius 1 is 1.10 bits per heavy atom. The maximum absolute atomic E-state index is 14.2. The first kappa shape index (κ1) is 29.5. The monoisotopic (exact) mass is 591 g/mol. The van der Waals surface area contributed by atoms with Gasteiger partial charge in [-0.25, -0.2) is 4.21 Å². The second-order valence-corrected chi connectivity index (χ2v) is 11.7. The predicted octanol–water partition coefficient (Wildman–Crippen LogP) is 3.69. The molecule has 0 aliphatic carbocycles. The number of likely N-dealkylation sites (tertiary alicyclic amines) is 2. The summed E-state index contributed by atoms with van der Waals surface area (Å²) in [5.74, 6) is 0.0275. The van der Waals surface area contributed by atoms with E-state index in [9.17, 15) is 18.4 Å². The maximum atomic E-state index is 14.2. The fourth-order valence-electron chi connectivity index (χ4n) is 6.04. The van der Waals surface area contributed by atoms with Crippen LogP contribution in [-0.2, 0) is 27.3 Å². The van der Waals surface area contributed by atoms with E-state index in [4.69, 9.17) is 15.9 Å². The molecule has 3 unspecified atom stereocenters. The van der Waals surface area contributed by atoms with Crippen molar-refractivity contribution < 1.29 is 23.1 Å². The summed E-state index contributed by atoms with van der Waals surface area (Å²) in [5.41, 5.74) is 7.44. The van der Waals surface area contributed by atoms with Gasteiger partial charge >= 0.3 is 0 Å². The normalized spacial score (nSPS) is 18.9. The largest absolute Gasteiger partial charge is 0.496 e. The van der Waals surface area contributed by atoms with Crippen molar-refractivity contribution >= 4 is 45.4 Å². The Morgan fingerprint density at radius 2 is 1.81 bits per heavy atom. The van der Waals surface area contributed by atoms with E-state index in [-0.39, 0.29) is 24.1 Å². The van der Waals surface area contributed by atoms with Crippen LogP contribution in [0.1, 0.15) is 43.2 Å². The van der Waals surface area contributed by atoms with Crippen molar-refractivity contribution in [3.8, 4) is 5.75 Å². The number of rotatable bonds is 9. The van der Waals surface area contributed by atoms with Crippen LogP contribution in [0.15, 0.2) is 60.7 Å². The molecule has 4 N–H and O–H groups in total. The molecule has 5 rings (SSSR count). The van der Waals surface area contributed by atoms with E-state index < -0.39 is 23.4 Å². The minimum absolute atomic E-state index is 0.0426. The van der Waals surface area contributed by atoms with Gasteiger partial charge in [-0.2, -0.15) is 0 Å². The first-order valence-corrected chi connectivity index (χ1v) is 15.3. The molecule has 222 valence electrons. The molecule has 0 spiro atoms. The maximum Gasteiger partial charge on any atom is 0.262 e. The zero-order valence-corrected chi connectivity index (χ0v) is 24.5. The summed E-state index contributed by atoms with van der Waals surface area (Å²) in [4.78, 5) is 31.6. The molecule has 0 saturated carbocycles. The summed E-state index contributed by atoms with van der Waals surface area (Å²) in [6.45, 7) is 1.67. The van der Waals surface area contributed by atoms with Crippen LogP contribution in [0, 0.1) is 5.41 Å². The SMILES string of the molecule is COc1cc(N(C2CCCN(C(Cc3ccc(C(=N)N)cc3)C(=O)N3CCCCC3)C2=O)S(=O)O)cc2ccccc12. The van der Waals surface area contributed by atoms with Crippen molar-refractivity contribution in [2.45, 2.75) is 50.6 Å². The summed E-state index contributed by atoms with van der Waals surface area (Å²) in [7, 11) is 1.54. The van der Waals surface area contributed by atoms with E-state index in [0.717, 1.165) is 35.6 Å². The van der Waals surface area contributed by atoms with Crippen LogP contribution in [0.3, 0.4) is 0 Å². The minimum Gasteiger partial charge on any atom is -0.496 e. The van der Waals surface area contributed by atoms with Gasteiger partial charge in [0.05, 0.1) is 12.8 Å². The second kappa shape index (κ2) is 12.9. The topological polar surface area (TPSA) is 140 Å². The molecule has 3 aromatic rings. The van der Waals surface area contributed by atoms with Gasteiger partial charge in [0.25, 0.3) is 11.3 Å². The summed E-state index contributed by atoms with van der Waals surface area (Å²) in [6.07, 6.45) is 4.14. The molecule has 0 aromatic heterocycles. The van der Waals surface area contributed by atoms with Crippen LogP contribution in [0.2, 0.25) is 0 Å². The molecule has 2 amide bonds. The Hall–Kier alpha value is -3.96. The van der Waals surface area contributed by atoms with E-state index in [0.29, 0.717) is 49.5 Å². The number of methoxy groups -OCH3 is 1. The molecule has 0 bridgehead atoms. The Balaban J connectivity index is 1.49. The van der Waals surface area contributed by atoms with Gasteiger partial charge in [-0.15, -0.1) is 0 Å². The third kappa shape index (κ3) is 6.12. The van der Waals surface area contributed by atoms with Crippen LogP contribution < -0.4 is 14.8 Å². The number of piperidine rings is 2. The highest BCUT2D eigenvalue weighted by Crippen LogP contribution is 2.35. The fourth-order valence-corrected chi connectivity index (χ4v) is 6.74. The molecule has 2 saturated heterocycles. The van der Waals surface area contributed by atoms with Gasteiger partial charge in [-0.3, -0.25) is 23.9 Å². The first-order chi connectivity index (χ1) is 20.3. The van der Waals surface area contributed by atoms with Crippen LogP contribution in [-0.4, -0.2) is 75.0 Å². The van der Waals surface area contributed by atoms with Crippen LogP contribution in [0.5, 0.6) is 5.75 Å². The van der Waals surface area contributed by atoms with Crippen molar-refractivity contribution in [3.05, 3.63) is 71.8 Å². The van der Waals surface area contributed by atoms with Gasteiger partial charge in [-0.05, 0) is 49.1 Å². The predicted molar refractivity (Wildman–Crippen MR) is 164 cm³/mol. The number of fused-ring (bicyclic) bond motifs is 1. The molecule has 10 nitrogen and oxygen atoms in total. The van der Waals surface area contributed by atoms with Crippen LogP contribution in [0.25, 0.3) is 10.8 Å². The number of carbonyl (C=O) groups excluding carboxylic acids is 2. The molecule has 11 heteroatoms. The van der Waals surface area contributed by atoms with Gasteiger partial charge in [0.1, 0.15) is 23.7 Å². The number of nitrogens with zero attached hydrogens (tertiary/aromatic N) is 3. The number of carbonyl (C=O) groups is 2. The number of nitrogen functional groups attached to an aromatic ring is 1. The van der Waals surface area contributed by atoms with Crippen LogP contribution in [0.4, 0.5) is 5.69 Å². The van der Waals surface area contributed by atoms with E-state index in [2.05, 4.69) is 0 Å². The van der Waals surface area contributed by atoms with Crippen molar-refractivity contribution in [2.75, 3.05) is 31.0 Å². The molecule has 2 fully saturated rings. The average Bonchev–Trinajstić information content (AvgIpc) is 3.00. The number of ether oxygens (including phenoxy) is 1. The lowest BCUT2D eigenvalue weighted by molar-refractivity contribution is -0.148. The van der Waals surface area contributed by atoms with Gasteiger partial charge < -0.3 is 20.3 Å². The molecule has 2 aliphatic rings. The number of amidine groups is 1. The summed E-state index contributed by atoms with van der Waals surface area (Å²) >= 11 is -2.51. The lowest BCUT2D eigenvalue weighted by Gasteiger charge is -2.42. The molecular weight excluding hydrogens is 554 g/mol. The van der Waals surface area contributed by atoms with Gasteiger partial charge in [0.2, 0.25) is 11.8 Å². The molecule has 42 heavy (non-hydrogen) atoms. The molecule has 0 radical (unpaired) electrons.